The van der Waals surface area contributed by atoms with Gasteiger partial charge < -0.3 is 9.63 Å². The molecule has 0 fully saturated rings. The van der Waals surface area contributed by atoms with Crippen molar-refractivity contribution < 1.29 is 9.63 Å². The topological polar surface area (TPSA) is 49.5 Å². The minimum Gasteiger partial charge on any atom is -0.395 e. The maximum Gasteiger partial charge on any atom is 0.128 e. The van der Waals surface area contributed by atoms with Gasteiger partial charge in [0.25, 0.3) is 0 Å². The van der Waals surface area contributed by atoms with Gasteiger partial charge in [0.1, 0.15) is 6.26 Å². The minimum absolute atomic E-state index is 0.184. The van der Waals surface area contributed by atoms with Gasteiger partial charge in [-0.25, -0.2) is 0 Å². The van der Waals surface area contributed by atoms with Crippen molar-refractivity contribution in [3.05, 3.63) is 18.0 Å². The number of aliphatic hydroxyl groups is 1. The zero-order valence-corrected chi connectivity index (χ0v) is 8.10. The molecular formula is C9H16N2O2. The fourth-order valence-corrected chi connectivity index (χ4v) is 1.19. The summed E-state index contributed by atoms with van der Waals surface area (Å²) >= 11 is 0. The number of rotatable bonds is 5. The maximum atomic E-state index is 8.83. The van der Waals surface area contributed by atoms with Crippen molar-refractivity contribution in [3.63, 3.8) is 0 Å². The van der Waals surface area contributed by atoms with Crippen LogP contribution in [0.4, 0.5) is 0 Å². The van der Waals surface area contributed by atoms with Gasteiger partial charge >= 0.3 is 0 Å². The van der Waals surface area contributed by atoms with Crippen LogP contribution in [0.15, 0.2) is 17.0 Å². The quantitative estimate of drug-likeness (QED) is 0.738. The lowest BCUT2D eigenvalue weighted by atomic mass is 10.2. The summed E-state index contributed by atoms with van der Waals surface area (Å²) in [6.45, 7) is 5.85. The second-order valence-corrected chi connectivity index (χ2v) is 3.32. The summed E-state index contributed by atoms with van der Waals surface area (Å²) in [5, 5.41) is 12.5. The molecule has 4 heteroatoms. The Hall–Kier alpha value is -0.870. The molecule has 13 heavy (non-hydrogen) atoms. The van der Waals surface area contributed by atoms with E-state index >= 15 is 0 Å². The number of nitrogens with zero attached hydrogens (tertiary/aromatic N) is 2. The van der Waals surface area contributed by atoms with Crippen molar-refractivity contribution in [2.75, 3.05) is 13.2 Å². The van der Waals surface area contributed by atoms with E-state index in [2.05, 4.69) is 23.9 Å². The molecule has 4 nitrogen and oxygen atoms in total. The molecule has 0 aliphatic rings. The molecule has 0 saturated heterocycles. The summed E-state index contributed by atoms with van der Waals surface area (Å²) in [6.07, 6.45) is 3.33. The Bertz CT molecular complexity index is 222. The smallest absolute Gasteiger partial charge is 0.128 e. The third-order valence-electron chi connectivity index (χ3n) is 1.99. The fourth-order valence-electron chi connectivity index (χ4n) is 1.19. The molecule has 0 bridgehead atoms. The van der Waals surface area contributed by atoms with E-state index in [4.69, 9.17) is 9.63 Å². The molecule has 1 rings (SSSR count). The van der Waals surface area contributed by atoms with E-state index in [1.807, 2.05) is 0 Å². The van der Waals surface area contributed by atoms with Crippen LogP contribution in [0.25, 0.3) is 0 Å². The predicted molar refractivity (Wildman–Crippen MR) is 49.1 cm³/mol. The van der Waals surface area contributed by atoms with Crippen molar-refractivity contribution in [2.24, 2.45) is 0 Å². The third-order valence-corrected chi connectivity index (χ3v) is 1.99. The predicted octanol–water partition coefficient (Wildman–Crippen LogP) is 0.877. The van der Waals surface area contributed by atoms with E-state index < -0.39 is 0 Å². The Kier molecular flexibility index (Phi) is 3.92. The highest BCUT2D eigenvalue weighted by Gasteiger charge is 2.09. The monoisotopic (exact) mass is 184 g/mol. The van der Waals surface area contributed by atoms with Crippen LogP contribution < -0.4 is 0 Å². The number of aromatic nitrogens is 1. The van der Waals surface area contributed by atoms with Gasteiger partial charge in [0, 0.05) is 24.7 Å². The Morgan fingerprint density at radius 3 is 2.85 bits per heavy atom. The van der Waals surface area contributed by atoms with Crippen LogP contribution in [0.1, 0.15) is 19.4 Å². The van der Waals surface area contributed by atoms with Crippen molar-refractivity contribution >= 4 is 0 Å². The molecule has 1 heterocycles. The third kappa shape index (κ3) is 3.16. The lowest BCUT2D eigenvalue weighted by molar-refractivity contribution is 0.159. The van der Waals surface area contributed by atoms with Gasteiger partial charge in [0.2, 0.25) is 0 Å². The van der Waals surface area contributed by atoms with E-state index in [0.717, 1.165) is 12.1 Å². The molecule has 0 aliphatic heterocycles. The zero-order chi connectivity index (χ0) is 9.68. The summed E-state index contributed by atoms with van der Waals surface area (Å²) < 4.78 is 4.73. The van der Waals surface area contributed by atoms with Crippen LogP contribution in [0.3, 0.4) is 0 Å². The molecule has 1 N–H and O–H groups in total. The van der Waals surface area contributed by atoms with E-state index in [-0.39, 0.29) is 6.61 Å². The Balaban J connectivity index is 2.47. The van der Waals surface area contributed by atoms with Gasteiger partial charge in [0.15, 0.2) is 0 Å². The summed E-state index contributed by atoms with van der Waals surface area (Å²) in [7, 11) is 0. The van der Waals surface area contributed by atoms with E-state index in [9.17, 15) is 0 Å². The largest absolute Gasteiger partial charge is 0.395 e. The van der Waals surface area contributed by atoms with Crippen LogP contribution in [0.5, 0.6) is 0 Å². The molecule has 0 atom stereocenters. The van der Waals surface area contributed by atoms with Gasteiger partial charge in [-0.2, -0.15) is 0 Å². The summed E-state index contributed by atoms with van der Waals surface area (Å²) in [6, 6.07) is 0.419. The Morgan fingerprint density at radius 2 is 2.38 bits per heavy atom. The molecule has 0 saturated carbocycles. The molecule has 0 aliphatic carbocycles. The van der Waals surface area contributed by atoms with E-state index in [0.29, 0.717) is 12.6 Å². The highest BCUT2D eigenvalue weighted by molar-refractivity contribution is 4.99. The zero-order valence-electron chi connectivity index (χ0n) is 8.10. The van der Waals surface area contributed by atoms with Crippen LogP contribution in [0.2, 0.25) is 0 Å². The normalized spacial score (nSPS) is 11.5. The minimum atomic E-state index is 0.184. The first-order valence-corrected chi connectivity index (χ1v) is 4.47. The maximum absolute atomic E-state index is 8.83. The van der Waals surface area contributed by atoms with Crippen molar-refractivity contribution in [1.82, 2.24) is 10.1 Å². The standard InChI is InChI=1S/C9H16N2O2/c1-8(2)11(3-4-12)6-9-5-10-13-7-9/h5,7-8,12H,3-4,6H2,1-2H3. The molecular weight excluding hydrogens is 168 g/mol. The summed E-state index contributed by atoms with van der Waals surface area (Å²) in [4.78, 5) is 2.16. The van der Waals surface area contributed by atoms with Crippen molar-refractivity contribution in [2.45, 2.75) is 26.4 Å². The average molecular weight is 184 g/mol. The molecule has 0 amide bonds. The van der Waals surface area contributed by atoms with E-state index in [1.165, 1.54) is 0 Å². The van der Waals surface area contributed by atoms with E-state index in [1.54, 1.807) is 12.5 Å². The second kappa shape index (κ2) is 4.99. The lowest BCUT2D eigenvalue weighted by Crippen LogP contribution is -2.32. The number of hydrogen-bond donors (Lipinski definition) is 1. The fraction of sp³-hybridized carbons (Fsp3) is 0.667. The number of aliphatic hydroxyl groups excluding tert-OH is 1. The first kappa shape index (κ1) is 10.2. The van der Waals surface area contributed by atoms with Gasteiger partial charge in [-0.1, -0.05) is 5.16 Å². The molecule has 0 unspecified atom stereocenters. The van der Waals surface area contributed by atoms with Crippen LogP contribution >= 0.6 is 0 Å². The average Bonchev–Trinajstić information content (AvgIpc) is 2.56. The first-order valence-electron chi connectivity index (χ1n) is 4.47. The van der Waals surface area contributed by atoms with Crippen LogP contribution in [-0.2, 0) is 6.54 Å². The highest BCUT2D eigenvalue weighted by Crippen LogP contribution is 2.06. The first-order chi connectivity index (χ1) is 6.24. The highest BCUT2D eigenvalue weighted by atomic mass is 16.5. The van der Waals surface area contributed by atoms with Crippen LogP contribution in [-0.4, -0.2) is 34.4 Å². The SMILES string of the molecule is CC(C)N(CCO)Cc1cnoc1. The van der Waals surface area contributed by atoms with Gasteiger partial charge in [0.05, 0.1) is 12.8 Å². The Morgan fingerprint density at radius 1 is 1.62 bits per heavy atom. The molecule has 0 aromatic carbocycles. The lowest BCUT2D eigenvalue weighted by Gasteiger charge is -2.24. The molecule has 0 spiro atoms. The Labute approximate surface area is 78.1 Å². The second-order valence-electron chi connectivity index (χ2n) is 3.32. The molecule has 1 aromatic heterocycles. The molecule has 1 aromatic rings. The van der Waals surface area contributed by atoms with Crippen molar-refractivity contribution in [3.8, 4) is 0 Å². The summed E-state index contributed by atoms with van der Waals surface area (Å²) in [5.41, 5.74) is 1.04. The van der Waals surface area contributed by atoms with Gasteiger partial charge in [-0.3, -0.25) is 4.90 Å². The van der Waals surface area contributed by atoms with Crippen molar-refractivity contribution in [1.29, 1.82) is 0 Å². The molecule has 74 valence electrons. The number of hydrogen-bond acceptors (Lipinski definition) is 4. The van der Waals surface area contributed by atoms with Gasteiger partial charge in [-0.05, 0) is 13.8 Å². The summed E-state index contributed by atoms with van der Waals surface area (Å²) in [5.74, 6) is 0. The molecule has 0 radical (unpaired) electrons. The van der Waals surface area contributed by atoms with Gasteiger partial charge in [-0.15, -0.1) is 0 Å². The van der Waals surface area contributed by atoms with Crippen LogP contribution in [0, 0.1) is 0 Å².